The average Bonchev–Trinajstić information content (AvgIpc) is 2.75. The average molecular weight is 166 g/mol. The van der Waals surface area contributed by atoms with Gasteiger partial charge >= 0.3 is 0 Å². The molecule has 0 radical (unpaired) electrons. The van der Waals surface area contributed by atoms with Gasteiger partial charge in [-0.2, -0.15) is 0 Å². The van der Waals surface area contributed by atoms with E-state index < -0.39 is 0 Å². The molecule has 2 N–H and O–H groups in total. The van der Waals surface area contributed by atoms with Crippen molar-refractivity contribution in [2.75, 3.05) is 0 Å². The van der Waals surface area contributed by atoms with Crippen molar-refractivity contribution >= 4 is 0 Å². The van der Waals surface area contributed by atoms with E-state index in [2.05, 4.69) is 4.98 Å². The van der Waals surface area contributed by atoms with Crippen LogP contribution in [0.5, 0.6) is 0 Å². The fraction of sp³-hybridized carbons (Fsp3) is 0.667. The maximum absolute atomic E-state index is 5.48. The van der Waals surface area contributed by atoms with Crippen LogP contribution in [0.1, 0.15) is 43.3 Å². The predicted molar refractivity (Wildman–Crippen MR) is 45.6 cm³/mol. The summed E-state index contributed by atoms with van der Waals surface area (Å²) >= 11 is 0. The molecule has 1 saturated carbocycles. The molecule has 0 spiro atoms. The smallest absolute Gasteiger partial charge is 0.208 e. The Hall–Kier alpha value is -0.830. The zero-order chi connectivity index (χ0) is 8.39. The number of rotatable bonds is 2. The van der Waals surface area contributed by atoms with E-state index in [1.165, 1.54) is 25.7 Å². The fourth-order valence-electron chi connectivity index (χ4n) is 1.82. The molecular formula is C9H14N2O. The van der Waals surface area contributed by atoms with Gasteiger partial charge in [-0.25, -0.2) is 4.98 Å². The van der Waals surface area contributed by atoms with Crippen molar-refractivity contribution < 1.29 is 4.42 Å². The first-order valence-electron chi connectivity index (χ1n) is 4.55. The van der Waals surface area contributed by atoms with Gasteiger partial charge in [-0.1, -0.05) is 12.8 Å². The third-order valence-electron chi connectivity index (χ3n) is 2.50. The highest BCUT2D eigenvalue weighted by Gasteiger charge is 2.20. The van der Waals surface area contributed by atoms with Crippen LogP contribution in [0.2, 0.25) is 0 Å². The number of hydrogen-bond acceptors (Lipinski definition) is 3. The molecular weight excluding hydrogens is 152 g/mol. The second-order valence-electron chi connectivity index (χ2n) is 3.34. The van der Waals surface area contributed by atoms with E-state index in [0.717, 1.165) is 5.76 Å². The maximum atomic E-state index is 5.48. The van der Waals surface area contributed by atoms with Gasteiger partial charge in [0.1, 0.15) is 5.76 Å². The van der Waals surface area contributed by atoms with Crippen LogP contribution in [0.3, 0.4) is 0 Å². The quantitative estimate of drug-likeness (QED) is 0.728. The normalized spacial score (nSPS) is 18.8. The summed E-state index contributed by atoms with van der Waals surface area (Å²) in [6.45, 7) is 0.409. The Morgan fingerprint density at radius 3 is 2.83 bits per heavy atom. The van der Waals surface area contributed by atoms with E-state index in [9.17, 15) is 0 Å². The predicted octanol–water partition coefficient (Wildman–Crippen LogP) is 1.79. The molecule has 3 heteroatoms. The van der Waals surface area contributed by atoms with Crippen molar-refractivity contribution in [3.63, 3.8) is 0 Å². The summed E-state index contributed by atoms with van der Waals surface area (Å²) in [6.07, 6.45) is 6.98. The Bertz CT molecular complexity index is 251. The Morgan fingerprint density at radius 1 is 1.50 bits per heavy atom. The van der Waals surface area contributed by atoms with Gasteiger partial charge in [-0.3, -0.25) is 0 Å². The van der Waals surface area contributed by atoms with Gasteiger partial charge < -0.3 is 10.2 Å². The lowest BCUT2D eigenvalue weighted by molar-refractivity contribution is 0.425. The first kappa shape index (κ1) is 7.80. The minimum absolute atomic E-state index is 0.409. The number of nitrogens with two attached hydrogens (primary N) is 1. The Labute approximate surface area is 72.0 Å². The van der Waals surface area contributed by atoms with Crippen molar-refractivity contribution in [3.8, 4) is 0 Å². The second kappa shape index (κ2) is 3.27. The van der Waals surface area contributed by atoms with Crippen molar-refractivity contribution in [3.05, 3.63) is 17.8 Å². The summed E-state index contributed by atoms with van der Waals surface area (Å²) in [7, 11) is 0. The van der Waals surface area contributed by atoms with E-state index >= 15 is 0 Å². The van der Waals surface area contributed by atoms with Crippen LogP contribution in [0.25, 0.3) is 0 Å². The van der Waals surface area contributed by atoms with Crippen LogP contribution >= 0.6 is 0 Å². The molecule has 0 unspecified atom stereocenters. The Morgan fingerprint density at radius 2 is 2.25 bits per heavy atom. The monoisotopic (exact) mass is 166 g/mol. The lowest BCUT2D eigenvalue weighted by Crippen LogP contribution is -1.95. The summed E-state index contributed by atoms with van der Waals surface area (Å²) in [5, 5.41) is 0. The molecule has 1 aliphatic carbocycles. The summed E-state index contributed by atoms with van der Waals surface area (Å²) in [5.74, 6) is 2.31. The van der Waals surface area contributed by atoms with E-state index in [1.807, 2.05) is 6.20 Å². The first-order valence-corrected chi connectivity index (χ1v) is 4.55. The highest BCUT2D eigenvalue weighted by atomic mass is 16.4. The van der Waals surface area contributed by atoms with Gasteiger partial charge in [-0.05, 0) is 12.8 Å². The van der Waals surface area contributed by atoms with Gasteiger partial charge in [0.2, 0.25) is 5.89 Å². The van der Waals surface area contributed by atoms with E-state index in [-0.39, 0.29) is 0 Å². The minimum Gasteiger partial charge on any atom is -0.444 e. The molecule has 0 aromatic carbocycles. The molecule has 1 fully saturated rings. The molecule has 0 atom stereocenters. The summed E-state index contributed by atoms with van der Waals surface area (Å²) < 4.78 is 5.48. The molecule has 1 heterocycles. The summed E-state index contributed by atoms with van der Waals surface area (Å²) in [5.41, 5.74) is 5.41. The largest absolute Gasteiger partial charge is 0.444 e. The summed E-state index contributed by atoms with van der Waals surface area (Å²) in [6, 6.07) is 0. The molecule has 1 aromatic rings. The van der Waals surface area contributed by atoms with Crippen LogP contribution in [0.4, 0.5) is 0 Å². The topological polar surface area (TPSA) is 52.0 Å². The lowest BCUT2D eigenvalue weighted by atomic mass is 10.1. The number of nitrogens with zero attached hydrogens (tertiary/aromatic N) is 1. The number of aromatic nitrogens is 1. The van der Waals surface area contributed by atoms with E-state index in [1.54, 1.807) is 0 Å². The van der Waals surface area contributed by atoms with Crippen molar-refractivity contribution in [2.24, 2.45) is 5.73 Å². The zero-order valence-corrected chi connectivity index (χ0v) is 7.12. The molecule has 0 bridgehead atoms. The van der Waals surface area contributed by atoms with E-state index in [0.29, 0.717) is 18.4 Å². The van der Waals surface area contributed by atoms with Crippen molar-refractivity contribution in [1.82, 2.24) is 4.98 Å². The molecule has 12 heavy (non-hydrogen) atoms. The van der Waals surface area contributed by atoms with Gasteiger partial charge in [0.05, 0.1) is 12.7 Å². The van der Waals surface area contributed by atoms with Crippen LogP contribution in [0.15, 0.2) is 10.6 Å². The van der Waals surface area contributed by atoms with E-state index in [4.69, 9.17) is 10.2 Å². The maximum Gasteiger partial charge on any atom is 0.208 e. The molecule has 1 aliphatic rings. The van der Waals surface area contributed by atoms with Crippen LogP contribution in [-0.2, 0) is 6.54 Å². The number of oxazole rings is 1. The standard InChI is InChI=1S/C9H14N2O/c10-5-9-11-6-8(12-9)7-3-1-2-4-7/h6-7H,1-5,10H2. The highest BCUT2D eigenvalue weighted by molar-refractivity contribution is 5.03. The molecule has 3 nitrogen and oxygen atoms in total. The van der Waals surface area contributed by atoms with Gasteiger partial charge in [-0.15, -0.1) is 0 Å². The molecule has 0 amide bonds. The van der Waals surface area contributed by atoms with Crippen molar-refractivity contribution in [1.29, 1.82) is 0 Å². The Balaban J connectivity index is 2.11. The fourth-order valence-corrected chi connectivity index (χ4v) is 1.82. The third kappa shape index (κ3) is 1.37. The molecule has 2 rings (SSSR count). The zero-order valence-electron chi connectivity index (χ0n) is 7.12. The second-order valence-corrected chi connectivity index (χ2v) is 3.34. The number of hydrogen-bond donors (Lipinski definition) is 1. The van der Waals surface area contributed by atoms with Gasteiger partial charge in [0.25, 0.3) is 0 Å². The van der Waals surface area contributed by atoms with Crippen LogP contribution < -0.4 is 5.73 Å². The minimum atomic E-state index is 0.409. The lowest BCUT2D eigenvalue weighted by Gasteiger charge is -2.01. The molecule has 0 aliphatic heterocycles. The van der Waals surface area contributed by atoms with Crippen molar-refractivity contribution in [2.45, 2.75) is 38.1 Å². The Kier molecular flexibility index (Phi) is 2.13. The summed E-state index contributed by atoms with van der Waals surface area (Å²) in [4.78, 5) is 4.09. The molecule has 0 saturated heterocycles. The SMILES string of the molecule is NCc1ncc(C2CCCC2)o1. The van der Waals surface area contributed by atoms with Crippen LogP contribution in [-0.4, -0.2) is 4.98 Å². The van der Waals surface area contributed by atoms with Crippen LogP contribution in [0, 0.1) is 0 Å². The molecule has 66 valence electrons. The van der Waals surface area contributed by atoms with Gasteiger partial charge in [0.15, 0.2) is 0 Å². The first-order chi connectivity index (χ1) is 5.90. The third-order valence-corrected chi connectivity index (χ3v) is 2.50. The highest BCUT2D eigenvalue weighted by Crippen LogP contribution is 2.34. The molecule has 1 aromatic heterocycles. The van der Waals surface area contributed by atoms with Gasteiger partial charge in [0, 0.05) is 5.92 Å².